The number of hydrogen-bond donors (Lipinski definition) is 1. The van der Waals surface area contributed by atoms with Gasteiger partial charge in [0, 0.05) is 31.3 Å². The van der Waals surface area contributed by atoms with Crippen molar-refractivity contribution in [2.24, 2.45) is 5.92 Å². The molecule has 0 aliphatic carbocycles. The quantitative estimate of drug-likeness (QED) is 0.501. The van der Waals surface area contributed by atoms with Crippen LogP contribution in [-0.4, -0.2) is 30.6 Å². The Kier molecular flexibility index (Phi) is 4.92. The van der Waals surface area contributed by atoms with Crippen LogP contribution in [0.1, 0.15) is 20.8 Å². The van der Waals surface area contributed by atoms with Gasteiger partial charge in [0.05, 0.1) is 7.11 Å². The lowest BCUT2D eigenvalue weighted by Gasteiger charge is -2.31. The van der Waals surface area contributed by atoms with Gasteiger partial charge in [0.25, 0.3) is 5.79 Å². The number of anilines is 1. The number of carbonyl (C=O) groups is 3. The van der Waals surface area contributed by atoms with Gasteiger partial charge in [0.15, 0.2) is 5.78 Å². The van der Waals surface area contributed by atoms with Crippen LogP contribution in [0.25, 0.3) is 0 Å². The van der Waals surface area contributed by atoms with E-state index in [1.165, 1.54) is 19.9 Å². The number of hydrogen-bond acceptors (Lipinski definition) is 7. The Hall–Kier alpha value is -2.83. The molecule has 24 heavy (non-hydrogen) atoms. The molecule has 0 amide bonds. The molecular formula is C17H19NO6. The second kappa shape index (κ2) is 6.74. The molecule has 1 aliphatic heterocycles. The van der Waals surface area contributed by atoms with E-state index in [-0.39, 0.29) is 0 Å². The molecule has 0 bridgehead atoms. The summed E-state index contributed by atoms with van der Waals surface area (Å²) in [5.74, 6) is -4.76. The minimum absolute atomic E-state index is 0.468. The molecule has 1 N–H and O–H groups in total. The van der Waals surface area contributed by atoms with E-state index in [0.29, 0.717) is 11.4 Å². The van der Waals surface area contributed by atoms with E-state index in [0.717, 1.165) is 5.69 Å². The lowest BCUT2D eigenvalue weighted by Crippen LogP contribution is -2.48. The summed E-state index contributed by atoms with van der Waals surface area (Å²) in [4.78, 5) is 35.9. The van der Waals surface area contributed by atoms with Gasteiger partial charge in [-0.05, 0) is 31.2 Å². The normalized spacial score (nSPS) is 17.8. The number of carbonyl (C=O) groups excluding carboxylic acids is 3. The van der Waals surface area contributed by atoms with Crippen LogP contribution in [-0.2, 0) is 23.9 Å². The van der Waals surface area contributed by atoms with E-state index in [1.807, 2.05) is 0 Å². The fourth-order valence-electron chi connectivity index (χ4n) is 2.19. The second-order valence-electron chi connectivity index (χ2n) is 5.76. The van der Waals surface area contributed by atoms with Crippen molar-refractivity contribution in [1.82, 2.24) is 0 Å². The summed E-state index contributed by atoms with van der Waals surface area (Å²) < 4.78 is 14.9. The lowest BCUT2D eigenvalue weighted by atomic mass is 10.0. The number of benzene rings is 1. The van der Waals surface area contributed by atoms with Gasteiger partial charge in [-0.3, -0.25) is 14.4 Å². The van der Waals surface area contributed by atoms with Crippen LogP contribution in [0.4, 0.5) is 5.69 Å². The monoisotopic (exact) mass is 333 g/mol. The average Bonchev–Trinajstić information content (AvgIpc) is 2.45. The van der Waals surface area contributed by atoms with E-state index in [4.69, 9.17) is 14.2 Å². The Morgan fingerprint density at radius 3 is 2.21 bits per heavy atom. The van der Waals surface area contributed by atoms with Crippen molar-refractivity contribution in [3.8, 4) is 5.75 Å². The van der Waals surface area contributed by atoms with Gasteiger partial charge in [-0.2, -0.15) is 0 Å². The van der Waals surface area contributed by atoms with Crippen LogP contribution in [0.15, 0.2) is 36.0 Å². The van der Waals surface area contributed by atoms with E-state index >= 15 is 0 Å². The molecular weight excluding hydrogens is 314 g/mol. The van der Waals surface area contributed by atoms with Crippen molar-refractivity contribution < 1.29 is 28.6 Å². The Balaban J connectivity index is 2.07. The van der Waals surface area contributed by atoms with Crippen LogP contribution in [0, 0.1) is 5.92 Å². The fraction of sp³-hybridized carbons (Fsp3) is 0.353. The minimum atomic E-state index is -1.59. The molecule has 1 heterocycles. The van der Waals surface area contributed by atoms with Gasteiger partial charge in [0.2, 0.25) is 5.92 Å². The smallest absolute Gasteiger partial charge is 0.331 e. The third-order valence-electron chi connectivity index (χ3n) is 3.24. The molecule has 1 saturated heterocycles. The summed E-state index contributed by atoms with van der Waals surface area (Å²) in [6.45, 7) is 4.50. The predicted molar refractivity (Wildman–Crippen MR) is 85.1 cm³/mol. The summed E-state index contributed by atoms with van der Waals surface area (Å²) in [5, 5.41) is 2.99. The van der Waals surface area contributed by atoms with Gasteiger partial charge < -0.3 is 19.5 Å². The summed E-state index contributed by atoms with van der Waals surface area (Å²) in [7, 11) is 1.57. The number of methoxy groups -OCH3 is 1. The van der Waals surface area contributed by atoms with E-state index in [9.17, 15) is 14.4 Å². The van der Waals surface area contributed by atoms with E-state index in [2.05, 4.69) is 5.32 Å². The molecule has 1 aliphatic rings. The molecule has 1 aromatic rings. The number of allylic oxidation sites excluding steroid dienone is 2. The standard InChI is InChI=1S/C17H19NO6/c1-10(18-11-5-7-12(22-4)8-6-11)9-13(19)14-15(20)23-17(2,3)24-16(14)21/h5-9,14,18H,1-4H3/b10-9-. The highest BCUT2D eigenvalue weighted by molar-refractivity contribution is 6.19. The van der Waals surface area contributed by atoms with Crippen LogP contribution >= 0.6 is 0 Å². The predicted octanol–water partition coefficient (Wildman–Crippen LogP) is 2.03. The minimum Gasteiger partial charge on any atom is -0.497 e. The first-order chi connectivity index (χ1) is 11.2. The van der Waals surface area contributed by atoms with Crippen molar-refractivity contribution in [3.63, 3.8) is 0 Å². The first-order valence-corrected chi connectivity index (χ1v) is 7.31. The Morgan fingerprint density at radius 2 is 1.71 bits per heavy atom. The Morgan fingerprint density at radius 1 is 1.17 bits per heavy atom. The maximum atomic E-state index is 12.2. The summed E-state index contributed by atoms with van der Waals surface area (Å²) >= 11 is 0. The van der Waals surface area contributed by atoms with Gasteiger partial charge in [0.1, 0.15) is 5.75 Å². The summed E-state index contributed by atoms with van der Waals surface area (Å²) in [5.41, 5.74) is 1.20. The SMILES string of the molecule is COc1ccc(N/C(C)=C\C(=O)C2C(=O)OC(C)(C)OC2=O)cc1. The zero-order chi connectivity index (χ0) is 17.9. The molecule has 7 heteroatoms. The second-order valence-corrected chi connectivity index (χ2v) is 5.76. The Labute approximate surface area is 139 Å². The number of esters is 2. The van der Waals surface area contributed by atoms with Crippen molar-refractivity contribution in [3.05, 3.63) is 36.0 Å². The van der Waals surface area contributed by atoms with Crippen molar-refractivity contribution in [2.45, 2.75) is 26.6 Å². The maximum absolute atomic E-state index is 12.2. The van der Waals surface area contributed by atoms with Gasteiger partial charge >= 0.3 is 11.9 Å². The third kappa shape index (κ3) is 4.13. The van der Waals surface area contributed by atoms with Gasteiger partial charge in [-0.25, -0.2) is 0 Å². The summed E-state index contributed by atoms with van der Waals surface area (Å²) in [6.07, 6.45) is 1.18. The Bertz CT molecular complexity index is 670. The molecule has 128 valence electrons. The molecule has 1 aromatic carbocycles. The average molecular weight is 333 g/mol. The third-order valence-corrected chi connectivity index (χ3v) is 3.24. The van der Waals surface area contributed by atoms with E-state index in [1.54, 1.807) is 38.3 Å². The first-order valence-electron chi connectivity index (χ1n) is 7.31. The van der Waals surface area contributed by atoms with Gasteiger partial charge in [-0.1, -0.05) is 0 Å². The first kappa shape index (κ1) is 17.5. The van der Waals surface area contributed by atoms with Crippen LogP contribution in [0.5, 0.6) is 5.75 Å². The molecule has 1 fully saturated rings. The molecule has 0 unspecified atom stereocenters. The molecule has 0 radical (unpaired) electrons. The van der Waals surface area contributed by atoms with Crippen LogP contribution in [0.3, 0.4) is 0 Å². The highest BCUT2D eigenvalue weighted by atomic mass is 16.7. The number of nitrogens with one attached hydrogen (secondary N) is 1. The number of cyclic esters (lactones) is 2. The van der Waals surface area contributed by atoms with Crippen LogP contribution < -0.4 is 10.1 Å². The number of ether oxygens (including phenoxy) is 3. The van der Waals surface area contributed by atoms with E-state index < -0.39 is 29.4 Å². The molecule has 0 aromatic heterocycles. The maximum Gasteiger partial charge on any atom is 0.331 e. The summed E-state index contributed by atoms with van der Waals surface area (Å²) in [6, 6.07) is 7.06. The lowest BCUT2D eigenvalue weighted by molar-refractivity contribution is -0.238. The molecule has 0 atom stereocenters. The zero-order valence-electron chi connectivity index (χ0n) is 13.9. The van der Waals surface area contributed by atoms with Crippen molar-refractivity contribution >= 4 is 23.4 Å². The largest absolute Gasteiger partial charge is 0.497 e. The fourth-order valence-corrected chi connectivity index (χ4v) is 2.19. The highest BCUT2D eigenvalue weighted by Crippen LogP contribution is 2.24. The van der Waals surface area contributed by atoms with Crippen molar-refractivity contribution in [2.75, 3.05) is 12.4 Å². The van der Waals surface area contributed by atoms with Gasteiger partial charge in [-0.15, -0.1) is 0 Å². The number of rotatable bonds is 5. The molecule has 0 spiro atoms. The molecule has 0 saturated carbocycles. The highest BCUT2D eigenvalue weighted by Gasteiger charge is 2.46. The number of ketones is 1. The molecule has 7 nitrogen and oxygen atoms in total. The van der Waals surface area contributed by atoms with Crippen LogP contribution in [0.2, 0.25) is 0 Å². The van der Waals surface area contributed by atoms with Crippen molar-refractivity contribution in [1.29, 1.82) is 0 Å². The molecule has 2 rings (SSSR count). The zero-order valence-corrected chi connectivity index (χ0v) is 13.9. The topological polar surface area (TPSA) is 90.9 Å².